The Bertz CT molecular complexity index is 2720. The molecule has 0 amide bonds. The predicted octanol–water partition coefficient (Wildman–Crippen LogP) is 5.78. The lowest BCUT2D eigenvalue weighted by atomic mass is 10.2. The molecule has 310 valence electrons. The normalized spacial score (nSPS) is 11.0. The van der Waals surface area contributed by atoms with Crippen molar-refractivity contribution in [3.05, 3.63) is 152 Å². The van der Waals surface area contributed by atoms with Crippen molar-refractivity contribution in [3.63, 3.8) is 0 Å². The van der Waals surface area contributed by atoms with Crippen molar-refractivity contribution in [2.24, 2.45) is 0 Å². The molecule has 2 aromatic carbocycles. The molecular weight excluding hydrogens is 773 g/mol. The predicted molar refractivity (Wildman–Crippen MR) is 230 cm³/mol. The Morgan fingerprint density at radius 3 is 1.74 bits per heavy atom. The van der Waals surface area contributed by atoms with Gasteiger partial charge in [-0.05, 0) is 85.6 Å². The van der Waals surface area contributed by atoms with Crippen LogP contribution < -0.4 is 20.5 Å². The van der Waals surface area contributed by atoms with Gasteiger partial charge in [0.05, 0.1) is 69.9 Å². The number of benzene rings is 2. The van der Waals surface area contributed by atoms with Gasteiger partial charge in [0.2, 0.25) is 0 Å². The first-order chi connectivity index (χ1) is 30.0. The van der Waals surface area contributed by atoms with Crippen molar-refractivity contribution >= 4 is 28.4 Å². The summed E-state index contributed by atoms with van der Waals surface area (Å²) in [4.78, 5) is 22.6. The van der Waals surface area contributed by atoms with Crippen LogP contribution in [0.5, 0.6) is 11.5 Å². The van der Waals surface area contributed by atoms with E-state index in [0.717, 1.165) is 77.2 Å². The molecule has 0 spiro atoms. The summed E-state index contributed by atoms with van der Waals surface area (Å²) in [6.45, 7) is 8.25. The molecule has 0 atom stereocenters. The number of anilines is 3. The Morgan fingerprint density at radius 1 is 0.607 bits per heavy atom. The SMILES string of the molecule is CCOc1ccc(-n2cnc3cnc(Cc4cnn(CCn5cccn5)c4)nc32)cc1.CCOc1ccc(Nc2nc(Cc3cnn(CCn4cccn4)c3)ncc2N)cc1. The highest BCUT2D eigenvalue weighted by molar-refractivity contribution is 5.72. The zero-order valence-electron chi connectivity index (χ0n) is 33.9. The van der Waals surface area contributed by atoms with E-state index < -0.39 is 0 Å². The first kappa shape index (κ1) is 39.9. The third kappa shape index (κ3) is 10.6. The molecular formula is C43H46N16O2. The third-order valence-electron chi connectivity index (χ3n) is 9.39. The maximum Gasteiger partial charge on any atom is 0.168 e. The number of fused-ring (bicyclic) bond motifs is 1. The van der Waals surface area contributed by atoms with Crippen LogP contribution in [0.15, 0.2) is 129 Å². The Hall–Kier alpha value is -7.89. The molecule has 9 rings (SSSR count). The largest absolute Gasteiger partial charge is 0.494 e. The monoisotopic (exact) mass is 818 g/mol. The zero-order valence-corrected chi connectivity index (χ0v) is 33.9. The lowest BCUT2D eigenvalue weighted by molar-refractivity contribution is 0.340. The first-order valence-electron chi connectivity index (χ1n) is 20.0. The van der Waals surface area contributed by atoms with Crippen LogP contribution in [0.1, 0.15) is 36.6 Å². The number of hydrogen-bond donors (Lipinski definition) is 2. The summed E-state index contributed by atoms with van der Waals surface area (Å²) in [5.41, 5.74) is 12.0. The number of nitrogens with one attached hydrogen (secondary N) is 1. The van der Waals surface area contributed by atoms with E-state index >= 15 is 0 Å². The van der Waals surface area contributed by atoms with Crippen LogP contribution >= 0.6 is 0 Å². The molecule has 0 radical (unpaired) electrons. The fraction of sp³-hybridized carbons (Fsp3) is 0.233. The highest BCUT2D eigenvalue weighted by Crippen LogP contribution is 2.24. The Balaban J connectivity index is 0.000000169. The summed E-state index contributed by atoms with van der Waals surface area (Å²) < 4.78 is 20.5. The van der Waals surface area contributed by atoms with Gasteiger partial charge in [-0.15, -0.1) is 0 Å². The molecule has 0 saturated carbocycles. The van der Waals surface area contributed by atoms with Gasteiger partial charge in [0, 0.05) is 61.4 Å². The Labute approximate surface area is 351 Å². The van der Waals surface area contributed by atoms with Crippen molar-refractivity contribution in [1.29, 1.82) is 0 Å². The van der Waals surface area contributed by atoms with Gasteiger partial charge in [-0.3, -0.25) is 23.3 Å². The smallest absolute Gasteiger partial charge is 0.168 e. The third-order valence-corrected chi connectivity index (χ3v) is 9.39. The van der Waals surface area contributed by atoms with E-state index in [4.69, 9.17) is 20.2 Å². The van der Waals surface area contributed by atoms with E-state index in [-0.39, 0.29) is 0 Å². The lowest BCUT2D eigenvalue weighted by Gasteiger charge is -2.10. The average Bonchev–Trinajstić information content (AvgIpc) is 4.14. The van der Waals surface area contributed by atoms with Gasteiger partial charge >= 0.3 is 0 Å². The van der Waals surface area contributed by atoms with Crippen molar-refractivity contribution < 1.29 is 9.47 Å². The number of ether oxygens (including phenoxy) is 2. The molecule has 0 aliphatic heterocycles. The highest BCUT2D eigenvalue weighted by Gasteiger charge is 2.12. The molecule has 0 bridgehead atoms. The molecule has 0 aliphatic rings. The van der Waals surface area contributed by atoms with Crippen molar-refractivity contribution in [2.75, 3.05) is 24.3 Å². The minimum atomic E-state index is 0.488. The van der Waals surface area contributed by atoms with E-state index in [1.807, 2.05) is 135 Å². The van der Waals surface area contributed by atoms with E-state index in [1.165, 1.54) is 0 Å². The van der Waals surface area contributed by atoms with Gasteiger partial charge in [0.25, 0.3) is 0 Å². The standard InChI is InChI=1S/C22H22N8O.C21H24N8O/c1-2-31-19-6-4-18(5-7-19)30-16-24-20-14-23-21(27-22(20)30)12-17-13-26-29(15-17)11-10-28-9-3-8-25-28;1-2-30-18-6-4-17(5-7-18)26-21-19(22)14-23-20(27-21)12-16-13-25-29(15-16)11-10-28-9-3-8-24-28/h3-9,13-16H,2,10-12H2,1H3;3-9,13-15H,2,10-12,22H2,1H3,(H,23,26,27). The fourth-order valence-corrected chi connectivity index (χ4v) is 6.42. The van der Waals surface area contributed by atoms with Crippen LogP contribution in [0.25, 0.3) is 16.9 Å². The van der Waals surface area contributed by atoms with Crippen LogP contribution in [0.4, 0.5) is 17.2 Å². The molecule has 0 saturated heterocycles. The number of hydrogen-bond acceptors (Lipinski definition) is 13. The molecule has 9 aromatic rings. The van der Waals surface area contributed by atoms with Gasteiger partial charge < -0.3 is 20.5 Å². The number of imidazole rings is 1. The number of aryl methyl sites for hydroxylation is 4. The summed E-state index contributed by atoms with van der Waals surface area (Å²) in [6, 6.07) is 19.4. The van der Waals surface area contributed by atoms with Gasteiger partial charge in [0.1, 0.15) is 35.0 Å². The van der Waals surface area contributed by atoms with Crippen LogP contribution in [0.2, 0.25) is 0 Å². The van der Waals surface area contributed by atoms with Crippen molar-refractivity contribution in [3.8, 4) is 17.2 Å². The Morgan fingerprint density at radius 2 is 1.16 bits per heavy atom. The van der Waals surface area contributed by atoms with Crippen LogP contribution in [0, 0.1) is 0 Å². The quantitative estimate of drug-likeness (QED) is 0.112. The maximum absolute atomic E-state index is 6.06. The molecule has 0 unspecified atom stereocenters. The molecule has 7 heterocycles. The minimum absolute atomic E-state index is 0.488. The number of rotatable bonds is 17. The summed E-state index contributed by atoms with van der Waals surface area (Å²) in [7, 11) is 0. The molecule has 0 aliphatic carbocycles. The van der Waals surface area contributed by atoms with Gasteiger partial charge in [-0.25, -0.2) is 24.9 Å². The maximum atomic E-state index is 6.06. The van der Waals surface area contributed by atoms with E-state index in [0.29, 0.717) is 43.4 Å². The van der Waals surface area contributed by atoms with Gasteiger partial charge in [0.15, 0.2) is 11.5 Å². The van der Waals surface area contributed by atoms with E-state index in [1.54, 1.807) is 31.1 Å². The van der Waals surface area contributed by atoms with Crippen molar-refractivity contribution in [2.45, 2.75) is 52.9 Å². The second-order valence-corrected chi connectivity index (χ2v) is 13.8. The first-order valence-corrected chi connectivity index (χ1v) is 20.0. The van der Waals surface area contributed by atoms with Crippen LogP contribution in [-0.4, -0.2) is 81.8 Å². The minimum Gasteiger partial charge on any atom is -0.494 e. The molecule has 61 heavy (non-hydrogen) atoms. The lowest BCUT2D eigenvalue weighted by Crippen LogP contribution is -2.08. The number of aromatic nitrogens is 14. The molecule has 18 heteroatoms. The van der Waals surface area contributed by atoms with Gasteiger partial charge in [-0.1, -0.05) is 0 Å². The number of nitrogens with zero attached hydrogens (tertiary/aromatic N) is 14. The molecule has 18 nitrogen and oxygen atoms in total. The topological polar surface area (TPSA) is 197 Å². The van der Waals surface area contributed by atoms with E-state index in [2.05, 4.69) is 45.6 Å². The molecule has 7 aromatic heterocycles. The van der Waals surface area contributed by atoms with E-state index in [9.17, 15) is 0 Å². The summed E-state index contributed by atoms with van der Waals surface area (Å²) in [6.07, 6.45) is 21.5. The number of nitrogens with two attached hydrogens (primary N) is 1. The second kappa shape index (κ2) is 19.2. The molecule has 3 N–H and O–H groups in total. The zero-order chi connectivity index (χ0) is 41.8. The average molecular weight is 819 g/mol. The summed E-state index contributed by atoms with van der Waals surface area (Å²) in [5.74, 6) is 3.64. The van der Waals surface area contributed by atoms with Crippen LogP contribution in [-0.2, 0) is 39.0 Å². The van der Waals surface area contributed by atoms with Gasteiger partial charge in [-0.2, -0.15) is 20.4 Å². The van der Waals surface area contributed by atoms with Crippen LogP contribution in [0.3, 0.4) is 0 Å². The summed E-state index contributed by atoms with van der Waals surface area (Å²) in [5, 5.41) is 20.5. The highest BCUT2D eigenvalue weighted by atomic mass is 16.5. The fourth-order valence-electron chi connectivity index (χ4n) is 6.42. The van der Waals surface area contributed by atoms with Crippen molar-refractivity contribution in [1.82, 2.24) is 68.6 Å². The summed E-state index contributed by atoms with van der Waals surface area (Å²) >= 11 is 0. The second-order valence-electron chi connectivity index (χ2n) is 13.8. The molecule has 0 fully saturated rings. The Kier molecular flexibility index (Phi) is 12.6. The number of nitrogen functional groups attached to an aromatic ring is 1.